The predicted molar refractivity (Wildman–Crippen MR) is 106 cm³/mol. The Bertz CT molecular complexity index is 956. The molecule has 7 nitrogen and oxygen atoms in total. The number of hydrogen-bond donors (Lipinski definition) is 3. The lowest BCUT2D eigenvalue weighted by Gasteiger charge is -2.06. The molecule has 1 aromatic heterocycles. The summed E-state index contributed by atoms with van der Waals surface area (Å²) in [6.45, 7) is 4.15. The summed E-state index contributed by atoms with van der Waals surface area (Å²) in [5.41, 5.74) is 8.69. The van der Waals surface area contributed by atoms with Crippen LogP contribution in [-0.4, -0.2) is 35.4 Å². The number of aromatic amines is 1. The van der Waals surface area contributed by atoms with E-state index in [-0.39, 0.29) is 17.4 Å². The van der Waals surface area contributed by atoms with Crippen molar-refractivity contribution >= 4 is 22.8 Å². The number of nitrogens with zero attached hydrogens (tertiary/aromatic N) is 2. The normalized spacial score (nSPS) is 11.4. The molecule has 0 saturated heterocycles. The highest BCUT2D eigenvalue weighted by Crippen LogP contribution is 2.12. The van der Waals surface area contributed by atoms with Gasteiger partial charge in [0.15, 0.2) is 11.7 Å². The predicted octanol–water partition coefficient (Wildman–Crippen LogP) is 2.15. The molecular formula is C20H21N5O2. The number of carbonyl (C=O) groups excluding carboxylic acids is 1. The second-order valence-corrected chi connectivity index (χ2v) is 5.90. The zero-order chi connectivity index (χ0) is 19.2. The third-order valence-corrected chi connectivity index (χ3v) is 4.01. The van der Waals surface area contributed by atoms with Gasteiger partial charge in [0.1, 0.15) is 11.4 Å². The van der Waals surface area contributed by atoms with Gasteiger partial charge in [-0.3, -0.25) is 4.79 Å². The molecular weight excluding hydrogens is 342 g/mol. The van der Waals surface area contributed by atoms with E-state index < -0.39 is 0 Å². The Balaban J connectivity index is 1.55. The topological polar surface area (TPSA) is 105 Å². The third-order valence-electron chi connectivity index (χ3n) is 4.01. The highest BCUT2D eigenvalue weighted by Gasteiger charge is 2.10. The number of methoxy groups -OCH3 is 1. The first-order chi connectivity index (χ1) is 13.1. The molecule has 7 heteroatoms. The van der Waals surface area contributed by atoms with Crippen LogP contribution in [-0.2, 0) is 11.2 Å². The van der Waals surface area contributed by atoms with Crippen LogP contribution in [0.15, 0.2) is 65.8 Å². The van der Waals surface area contributed by atoms with Crippen LogP contribution in [0.5, 0.6) is 5.75 Å². The van der Waals surface area contributed by atoms with E-state index in [9.17, 15) is 4.79 Å². The number of fused-ring (bicyclic) bond motifs is 1. The molecule has 0 spiro atoms. The van der Waals surface area contributed by atoms with Gasteiger partial charge in [-0.15, -0.1) is 0 Å². The Hall–Kier alpha value is -3.61. The Morgan fingerprint density at radius 2 is 2.00 bits per heavy atom. The molecule has 0 aliphatic heterocycles. The van der Waals surface area contributed by atoms with Crippen molar-refractivity contribution in [3.63, 3.8) is 0 Å². The molecule has 138 valence electrons. The van der Waals surface area contributed by atoms with Gasteiger partial charge in [0.05, 0.1) is 18.1 Å². The number of ether oxygens (including phenoxy) is 1. The highest BCUT2D eigenvalue weighted by atomic mass is 16.5. The molecule has 3 aromatic rings. The van der Waals surface area contributed by atoms with E-state index >= 15 is 0 Å². The van der Waals surface area contributed by atoms with Crippen molar-refractivity contribution in [2.45, 2.75) is 6.42 Å². The van der Waals surface area contributed by atoms with Gasteiger partial charge in [-0.2, -0.15) is 0 Å². The van der Waals surface area contributed by atoms with Crippen LogP contribution in [0.25, 0.3) is 11.0 Å². The minimum Gasteiger partial charge on any atom is -0.497 e. The highest BCUT2D eigenvalue weighted by molar-refractivity contribution is 6.01. The van der Waals surface area contributed by atoms with Gasteiger partial charge in [-0.1, -0.05) is 30.8 Å². The van der Waals surface area contributed by atoms with E-state index in [4.69, 9.17) is 10.5 Å². The number of rotatable bonds is 7. The zero-order valence-electron chi connectivity index (χ0n) is 15.0. The van der Waals surface area contributed by atoms with Gasteiger partial charge in [-0.25, -0.2) is 9.98 Å². The van der Waals surface area contributed by atoms with Crippen LogP contribution in [0.1, 0.15) is 11.4 Å². The van der Waals surface area contributed by atoms with Gasteiger partial charge in [0.25, 0.3) is 5.91 Å². The molecule has 0 fully saturated rings. The molecule has 0 bridgehead atoms. The van der Waals surface area contributed by atoms with E-state index in [2.05, 4.69) is 26.9 Å². The minimum atomic E-state index is -0.373. The van der Waals surface area contributed by atoms with Crippen LogP contribution >= 0.6 is 0 Å². The van der Waals surface area contributed by atoms with E-state index in [0.717, 1.165) is 22.3 Å². The first kappa shape index (κ1) is 18.2. The number of amidine groups is 1. The average molecular weight is 363 g/mol. The second-order valence-electron chi connectivity index (χ2n) is 5.90. The standard InChI is InChI=1S/C20H21N5O2/c1-13(20(26)22-12-11-14-7-9-15(27-2)10-8-14)23-18(21)19-24-16-5-3-4-6-17(16)25-19/h3-10H,1,11-12H2,2H3,(H2,21,23)(H,22,26)(H,24,25). The number of hydrogen-bond acceptors (Lipinski definition) is 4. The van der Waals surface area contributed by atoms with Gasteiger partial charge in [0, 0.05) is 6.54 Å². The van der Waals surface area contributed by atoms with Crippen LogP contribution in [0.4, 0.5) is 0 Å². The smallest absolute Gasteiger partial charge is 0.269 e. The number of para-hydroxylation sites is 2. The molecule has 3 rings (SSSR count). The summed E-state index contributed by atoms with van der Waals surface area (Å²) in [7, 11) is 1.62. The fraction of sp³-hybridized carbons (Fsp3) is 0.150. The quantitative estimate of drug-likeness (QED) is 0.340. The molecule has 2 aromatic carbocycles. The summed E-state index contributed by atoms with van der Waals surface area (Å²) in [5, 5.41) is 2.78. The maximum Gasteiger partial charge on any atom is 0.269 e. The SMILES string of the molecule is C=C(N=C(N)c1nc2ccccc2[nH]1)C(=O)NCCc1ccc(OC)cc1. The van der Waals surface area contributed by atoms with E-state index in [1.54, 1.807) is 7.11 Å². The Kier molecular flexibility index (Phi) is 5.51. The number of nitrogens with two attached hydrogens (primary N) is 1. The fourth-order valence-electron chi connectivity index (χ4n) is 2.54. The van der Waals surface area contributed by atoms with Gasteiger partial charge in [0.2, 0.25) is 0 Å². The van der Waals surface area contributed by atoms with Crippen LogP contribution in [0.3, 0.4) is 0 Å². The number of H-pyrrole nitrogens is 1. The average Bonchev–Trinajstić information content (AvgIpc) is 3.13. The van der Waals surface area contributed by atoms with E-state index in [1.165, 1.54) is 0 Å². The second kappa shape index (κ2) is 8.18. The minimum absolute atomic E-state index is 0.0303. The lowest BCUT2D eigenvalue weighted by molar-refractivity contribution is -0.117. The number of aliphatic imine (C=N–C) groups is 1. The summed E-state index contributed by atoms with van der Waals surface area (Å²) in [4.78, 5) is 23.6. The van der Waals surface area contributed by atoms with Gasteiger partial charge in [-0.05, 0) is 36.2 Å². The summed E-state index contributed by atoms with van der Waals surface area (Å²) in [6, 6.07) is 15.2. The zero-order valence-corrected chi connectivity index (χ0v) is 15.0. The summed E-state index contributed by atoms with van der Waals surface area (Å²) in [5.74, 6) is 0.944. The van der Waals surface area contributed by atoms with Crippen molar-refractivity contribution in [3.05, 3.63) is 72.2 Å². The molecule has 0 aliphatic rings. The summed E-state index contributed by atoms with van der Waals surface area (Å²) < 4.78 is 5.12. The van der Waals surface area contributed by atoms with Crippen LogP contribution in [0.2, 0.25) is 0 Å². The number of imidazole rings is 1. The number of benzene rings is 2. The largest absolute Gasteiger partial charge is 0.497 e. The molecule has 0 radical (unpaired) electrons. The van der Waals surface area contributed by atoms with Crippen molar-refractivity contribution < 1.29 is 9.53 Å². The van der Waals surface area contributed by atoms with Crippen molar-refractivity contribution in [1.29, 1.82) is 0 Å². The summed E-state index contributed by atoms with van der Waals surface area (Å²) >= 11 is 0. The molecule has 27 heavy (non-hydrogen) atoms. The molecule has 4 N–H and O–H groups in total. The number of carbonyl (C=O) groups is 1. The lowest BCUT2D eigenvalue weighted by Crippen LogP contribution is -2.27. The number of aromatic nitrogens is 2. The first-order valence-electron chi connectivity index (χ1n) is 8.46. The first-order valence-corrected chi connectivity index (χ1v) is 8.46. The van der Waals surface area contributed by atoms with Gasteiger partial charge >= 0.3 is 0 Å². The lowest BCUT2D eigenvalue weighted by atomic mass is 10.1. The summed E-state index contributed by atoms with van der Waals surface area (Å²) in [6.07, 6.45) is 0.686. The maximum absolute atomic E-state index is 12.1. The molecule has 0 aliphatic carbocycles. The van der Waals surface area contributed by atoms with Crippen molar-refractivity contribution in [3.8, 4) is 5.75 Å². The third kappa shape index (κ3) is 4.52. The van der Waals surface area contributed by atoms with Crippen molar-refractivity contribution in [1.82, 2.24) is 15.3 Å². The maximum atomic E-state index is 12.1. The Morgan fingerprint density at radius 1 is 1.26 bits per heavy atom. The molecule has 1 amide bonds. The monoisotopic (exact) mass is 363 g/mol. The van der Waals surface area contributed by atoms with Crippen molar-refractivity contribution in [2.24, 2.45) is 10.7 Å². The Labute approximate surface area is 157 Å². The number of amides is 1. The van der Waals surface area contributed by atoms with E-state index in [0.29, 0.717) is 18.8 Å². The molecule has 0 atom stereocenters. The van der Waals surface area contributed by atoms with Crippen molar-refractivity contribution in [2.75, 3.05) is 13.7 Å². The molecule has 0 saturated carbocycles. The van der Waals surface area contributed by atoms with Crippen LogP contribution in [0, 0.1) is 0 Å². The molecule has 1 heterocycles. The van der Waals surface area contributed by atoms with E-state index in [1.807, 2.05) is 48.5 Å². The fourth-order valence-corrected chi connectivity index (χ4v) is 2.54. The van der Waals surface area contributed by atoms with Gasteiger partial charge < -0.3 is 20.8 Å². The van der Waals surface area contributed by atoms with Crippen LogP contribution < -0.4 is 15.8 Å². The number of nitrogens with one attached hydrogen (secondary N) is 2. The molecule has 0 unspecified atom stereocenters. The Morgan fingerprint density at radius 3 is 2.70 bits per heavy atom.